The molecule has 1 unspecified atom stereocenters. The lowest BCUT2D eigenvalue weighted by Crippen LogP contribution is -2.50. The Hall–Kier alpha value is -1.19. The molecular weight excluding hydrogens is 248 g/mol. The third-order valence-corrected chi connectivity index (χ3v) is 4.27. The maximum atomic E-state index is 12.8. The molecule has 1 aliphatic rings. The predicted octanol–water partition coefficient (Wildman–Crippen LogP) is 2.59. The van der Waals surface area contributed by atoms with Gasteiger partial charge in [0.25, 0.3) is 0 Å². The van der Waals surface area contributed by atoms with Gasteiger partial charge in [0.1, 0.15) is 0 Å². The highest BCUT2D eigenvalue weighted by Gasteiger charge is 2.24. The van der Waals surface area contributed by atoms with E-state index < -0.39 is 0 Å². The Balaban J connectivity index is 2.21. The Morgan fingerprint density at radius 3 is 2.45 bits per heavy atom. The second-order valence-electron chi connectivity index (χ2n) is 6.06. The molecule has 110 valence electrons. The molecule has 1 aromatic carbocycles. The normalized spacial score (nSPS) is 18.2. The molecular formula is C17H26N2O. The number of rotatable bonds is 4. The first-order chi connectivity index (χ1) is 9.50. The summed E-state index contributed by atoms with van der Waals surface area (Å²) in [7, 11) is 0. The van der Waals surface area contributed by atoms with Gasteiger partial charge in [-0.2, -0.15) is 0 Å². The van der Waals surface area contributed by atoms with Crippen molar-refractivity contribution in [3.05, 3.63) is 34.9 Å². The third kappa shape index (κ3) is 3.28. The number of hydrogen-bond acceptors (Lipinski definition) is 3. The molecule has 2 rings (SSSR count). The van der Waals surface area contributed by atoms with Crippen molar-refractivity contribution in [3.8, 4) is 0 Å². The van der Waals surface area contributed by atoms with E-state index in [1.54, 1.807) is 0 Å². The number of nitrogens with zero attached hydrogens (tertiary/aromatic N) is 1. The van der Waals surface area contributed by atoms with Crippen LogP contribution in [0.3, 0.4) is 0 Å². The minimum atomic E-state index is -0.0294. The van der Waals surface area contributed by atoms with E-state index in [4.69, 9.17) is 0 Å². The van der Waals surface area contributed by atoms with Crippen LogP contribution in [-0.2, 0) is 0 Å². The summed E-state index contributed by atoms with van der Waals surface area (Å²) in [6.45, 7) is 12.3. The number of nitrogens with one attached hydrogen (secondary N) is 1. The third-order valence-electron chi connectivity index (χ3n) is 4.27. The second-order valence-corrected chi connectivity index (χ2v) is 6.06. The van der Waals surface area contributed by atoms with Crippen LogP contribution >= 0.6 is 0 Å². The molecule has 1 saturated heterocycles. The highest BCUT2D eigenvalue weighted by Crippen LogP contribution is 2.21. The van der Waals surface area contributed by atoms with Crippen LogP contribution in [0.5, 0.6) is 0 Å². The van der Waals surface area contributed by atoms with Crippen LogP contribution in [0.4, 0.5) is 0 Å². The first-order valence-electron chi connectivity index (χ1n) is 7.60. The van der Waals surface area contributed by atoms with Crippen LogP contribution in [0.2, 0.25) is 0 Å². The first-order valence-corrected chi connectivity index (χ1v) is 7.60. The number of piperazine rings is 1. The number of hydrogen-bond donors (Lipinski definition) is 1. The minimum absolute atomic E-state index is 0.0294. The van der Waals surface area contributed by atoms with Crippen molar-refractivity contribution in [1.82, 2.24) is 10.2 Å². The summed E-state index contributed by atoms with van der Waals surface area (Å²) in [5.74, 6) is 0.712. The zero-order valence-electron chi connectivity index (χ0n) is 13.1. The summed E-state index contributed by atoms with van der Waals surface area (Å²) in [6, 6.07) is 6.26. The first kappa shape index (κ1) is 15.2. The average Bonchev–Trinajstić information content (AvgIpc) is 2.47. The molecule has 0 aromatic heterocycles. The molecule has 3 heteroatoms. The van der Waals surface area contributed by atoms with Gasteiger partial charge in [-0.1, -0.05) is 26.0 Å². The van der Waals surface area contributed by atoms with E-state index in [1.807, 2.05) is 13.8 Å². The maximum absolute atomic E-state index is 12.8. The van der Waals surface area contributed by atoms with E-state index in [9.17, 15) is 4.79 Å². The fourth-order valence-corrected chi connectivity index (χ4v) is 2.72. The van der Waals surface area contributed by atoms with E-state index in [0.29, 0.717) is 5.92 Å². The SMILES string of the molecule is Cc1ccc(C(C)C)cc1C(=O)C(C)N1CCNCC1. The standard InChI is InChI=1S/C17H26N2O/c1-12(2)15-6-5-13(3)16(11-15)17(20)14(4)19-9-7-18-8-10-19/h5-6,11-12,14,18H,7-10H2,1-4H3. The molecule has 0 spiro atoms. The van der Waals surface area contributed by atoms with Crippen molar-refractivity contribution in [2.45, 2.75) is 39.7 Å². The van der Waals surface area contributed by atoms with E-state index in [0.717, 1.165) is 37.3 Å². The van der Waals surface area contributed by atoms with Crippen LogP contribution < -0.4 is 5.32 Å². The molecule has 1 atom stereocenters. The van der Waals surface area contributed by atoms with Gasteiger partial charge in [0.15, 0.2) is 5.78 Å². The summed E-state index contributed by atoms with van der Waals surface area (Å²) in [6.07, 6.45) is 0. The molecule has 20 heavy (non-hydrogen) atoms. The van der Waals surface area contributed by atoms with Crippen LogP contribution in [0.1, 0.15) is 48.2 Å². The fourth-order valence-electron chi connectivity index (χ4n) is 2.72. The van der Waals surface area contributed by atoms with E-state index in [2.05, 4.69) is 42.3 Å². The molecule has 1 heterocycles. The van der Waals surface area contributed by atoms with Gasteiger partial charge in [-0.25, -0.2) is 0 Å². The lowest BCUT2D eigenvalue weighted by atomic mass is 9.93. The van der Waals surface area contributed by atoms with Crippen LogP contribution in [-0.4, -0.2) is 42.9 Å². The number of carbonyl (C=O) groups excluding carboxylic acids is 1. The van der Waals surface area contributed by atoms with Crippen molar-refractivity contribution in [3.63, 3.8) is 0 Å². The molecule has 0 radical (unpaired) electrons. The number of carbonyl (C=O) groups is 1. The molecule has 1 N–H and O–H groups in total. The van der Waals surface area contributed by atoms with Crippen molar-refractivity contribution in [2.24, 2.45) is 0 Å². The monoisotopic (exact) mass is 274 g/mol. The number of aryl methyl sites for hydroxylation is 1. The van der Waals surface area contributed by atoms with Crippen LogP contribution in [0, 0.1) is 6.92 Å². The largest absolute Gasteiger partial charge is 0.314 e. The van der Waals surface area contributed by atoms with Gasteiger partial charge in [-0.05, 0) is 37.0 Å². The zero-order valence-corrected chi connectivity index (χ0v) is 13.1. The van der Waals surface area contributed by atoms with Crippen molar-refractivity contribution in [1.29, 1.82) is 0 Å². The number of benzene rings is 1. The fraction of sp³-hybridized carbons (Fsp3) is 0.588. The van der Waals surface area contributed by atoms with E-state index in [-0.39, 0.29) is 11.8 Å². The van der Waals surface area contributed by atoms with Gasteiger partial charge >= 0.3 is 0 Å². The van der Waals surface area contributed by atoms with E-state index >= 15 is 0 Å². The maximum Gasteiger partial charge on any atom is 0.179 e. The average molecular weight is 274 g/mol. The summed E-state index contributed by atoms with van der Waals surface area (Å²) >= 11 is 0. The minimum Gasteiger partial charge on any atom is -0.314 e. The Morgan fingerprint density at radius 2 is 1.85 bits per heavy atom. The molecule has 1 aromatic rings. The summed E-state index contributed by atoms with van der Waals surface area (Å²) in [5, 5.41) is 3.33. The van der Waals surface area contributed by atoms with Crippen LogP contribution in [0.25, 0.3) is 0 Å². The quantitative estimate of drug-likeness (QED) is 0.857. The van der Waals surface area contributed by atoms with Gasteiger partial charge < -0.3 is 5.32 Å². The molecule has 0 amide bonds. The van der Waals surface area contributed by atoms with Gasteiger partial charge in [0, 0.05) is 31.7 Å². The summed E-state index contributed by atoms with van der Waals surface area (Å²) in [4.78, 5) is 15.1. The van der Waals surface area contributed by atoms with Crippen molar-refractivity contribution < 1.29 is 4.79 Å². The number of ketones is 1. The van der Waals surface area contributed by atoms with Gasteiger partial charge in [-0.15, -0.1) is 0 Å². The zero-order chi connectivity index (χ0) is 14.7. The lowest BCUT2D eigenvalue weighted by Gasteiger charge is -2.32. The van der Waals surface area contributed by atoms with Crippen LogP contribution in [0.15, 0.2) is 18.2 Å². The van der Waals surface area contributed by atoms with Crippen molar-refractivity contribution in [2.75, 3.05) is 26.2 Å². The second kappa shape index (κ2) is 6.51. The number of Topliss-reactive ketones (excluding diaryl/α,β-unsaturated/α-hetero) is 1. The molecule has 0 aliphatic carbocycles. The molecule has 1 aliphatic heterocycles. The smallest absolute Gasteiger partial charge is 0.179 e. The Labute approximate surface area is 122 Å². The summed E-state index contributed by atoms with van der Waals surface area (Å²) < 4.78 is 0. The van der Waals surface area contributed by atoms with Gasteiger partial charge in [0.2, 0.25) is 0 Å². The molecule has 0 saturated carbocycles. The topological polar surface area (TPSA) is 32.3 Å². The van der Waals surface area contributed by atoms with Gasteiger partial charge in [-0.3, -0.25) is 9.69 Å². The lowest BCUT2D eigenvalue weighted by molar-refractivity contribution is 0.0819. The molecule has 3 nitrogen and oxygen atoms in total. The molecule has 1 fully saturated rings. The Bertz CT molecular complexity index is 476. The highest BCUT2D eigenvalue weighted by molar-refractivity contribution is 6.01. The van der Waals surface area contributed by atoms with E-state index in [1.165, 1.54) is 5.56 Å². The Morgan fingerprint density at radius 1 is 1.20 bits per heavy atom. The predicted molar refractivity (Wildman–Crippen MR) is 83.5 cm³/mol. The highest BCUT2D eigenvalue weighted by atomic mass is 16.1. The summed E-state index contributed by atoms with van der Waals surface area (Å²) in [5.41, 5.74) is 3.22. The van der Waals surface area contributed by atoms with Crippen molar-refractivity contribution >= 4 is 5.78 Å². The van der Waals surface area contributed by atoms with Gasteiger partial charge in [0.05, 0.1) is 6.04 Å². The Kier molecular flexibility index (Phi) is 4.95. The molecule has 0 bridgehead atoms.